The molecule has 1 rings (SSSR count). The Bertz CT molecular complexity index is 510. The maximum atomic E-state index is 13.1. The molecule has 0 atom stereocenters. The Labute approximate surface area is 91.5 Å². The molecule has 4 nitrogen and oxygen atoms in total. The summed E-state index contributed by atoms with van der Waals surface area (Å²) in [4.78, 5) is 2.59. The van der Waals surface area contributed by atoms with Crippen molar-refractivity contribution in [2.45, 2.75) is 4.90 Å². The Hall–Kier alpha value is -1.16. The third kappa shape index (κ3) is 2.89. The van der Waals surface area contributed by atoms with E-state index >= 15 is 0 Å². The second-order valence-corrected chi connectivity index (χ2v) is 4.57. The number of nitrogens with one attached hydrogen (secondary N) is 1. The van der Waals surface area contributed by atoms with Gasteiger partial charge in [-0.1, -0.05) is 17.5 Å². The molecule has 1 N–H and O–H groups in total. The van der Waals surface area contributed by atoms with Crippen LogP contribution < -0.4 is 4.72 Å². The van der Waals surface area contributed by atoms with E-state index in [4.69, 9.17) is 18.0 Å². The van der Waals surface area contributed by atoms with Gasteiger partial charge in [0, 0.05) is 0 Å². The molecule has 0 radical (unpaired) electrons. The first kappa shape index (κ1) is 11.9. The van der Waals surface area contributed by atoms with Crippen molar-refractivity contribution in [2.24, 2.45) is 0 Å². The van der Waals surface area contributed by atoms with Crippen LogP contribution in [0.4, 0.5) is 4.39 Å². The standard InChI is InChI=1S/C8H6ClFN2O2S/c1-2-5-11-15(13,14)6-3-4-7(9)12-8(6)10/h1,3-4,11H,5H2. The van der Waals surface area contributed by atoms with E-state index in [0.717, 1.165) is 6.07 Å². The van der Waals surface area contributed by atoms with Crippen molar-refractivity contribution in [3.8, 4) is 12.3 Å². The summed E-state index contributed by atoms with van der Waals surface area (Å²) in [5, 5.41) is -0.122. The van der Waals surface area contributed by atoms with Crippen molar-refractivity contribution in [1.82, 2.24) is 9.71 Å². The van der Waals surface area contributed by atoms with Gasteiger partial charge in [0.05, 0.1) is 6.54 Å². The average Bonchev–Trinajstić information content (AvgIpc) is 2.14. The SMILES string of the molecule is C#CCNS(=O)(=O)c1ccc(Cl)nc1F. The molecular weight excluding hydrogens is 243 g/mol. The molecule has 7 heteroatoms. The number of rotatable bonds is 3. The lowest BCUT2D eigenvalue weighted by Crippen LogP contribution is -2.25. The fraction of sp³-hybridized carbons (Fsp3) is 0.125. The van der Waals surface area contributed by atoms with Crippen molar-refractivity contribution in [1.29, 1.82) is 0 Å². The van der Waals surface area contributed by atoms with Crippen molar-refractivity contribution >= 4 is 21.6 Å². The lowest BCUT2D eigenvalue weighted by atomic mass is 10.5. The van der Waals surface area contributed by atoms with Gasteiger partial charge in [-0.3, -0.25) is 0 Å². The van der Waals surface area contributed by atoms with Crippen LogP contribution in [0.1, 0.15) is 0 Å². The van der Waals surface area contributed by atoms with Gasteiger partial charge in [-0.05, 0) is 12.1 Å². The maximum Gasteiger partial charge on any atom is 0.245 e. The molecule has 0 fully saturated rings. The van der Waals surface area contributed by atoms with Gasteiger partial charge in [0.1, 0.15) is 10.0 Å². The fourth-order valence-electron chi connectivity index (χ4n) is 0.814. The molecule has 0 aliphatic carbocycles. The molecule has 0 unspecified atom stereocenters. The number of aromatic nitrogens is 1. The highest BCUT2D eigenvalue weighted by molar-refractivity contribution is 7.89. The lowest BCUT2D eigenvalue weighted by molar-refractivity contribution is 0.535. The van der Waals surface area contributed by atoms with Gasteiger partial charge in [-0.25, -0.2) is 13.4 Å². The summed E-state index contributed by atoms with van der Waals surface area (Å²) in [6.07, 6.45) is 4.87. The van der Waals surface area contributed by atoms with E-state index in [1.54, 1.807) is 0 Å². The number of sulfonamides is 1. The molecule has 0 saturated carbocycles. The molecule has 0 spiro atoms. The number of halogens is 2. The van der Waals surface area contributed by atoms with Crippen LogP contribution in [0.3, 0.4) is 0 Å². The predicted octanol–water partition coefficient (Wildman–Crippen LogP) is 0.786. The van der Waals surface area contributed by atoms with Crippen LogP contribution >= 0.6 is 11.6 Å². The first-order chi connectivity index (χ1) is 6.97. The van der Waals surface area contributed by atoms with Gasteiger partial charge in [0.25, 0.3) is 0 Å². The van der Waals surface area contributed by atoms with Gasteiger partial charge in [0.15, 0.2) is 0 Å². The zero-order valence-electron chi connectivity index (χ0n) is 7.37. The molecule has 0 bridgehead atoms. The number of terminal acetylenes is 1. The highest BCUT2D eigenvalue weighted by Crippen LogP contribution is 2.14. The zero-order valence-corrected chi connectivity index (χ0v) is 8.94. The first-order valence-corrected chi connectivity index (χ1v) is 5.58. The smallest absolute Gasteiger partial charge is 0.207 e. The summed E-state index contributed by atoms with van der Waals surface area (Å²) < 4.78 is 37.9. The quantitative estimate of drug-likeness (QED) is 0.635. The van der Waals surface area contributed by atoms with Gasteiger partial charge < -0.3 is 0 Å². The second-order valence-electron chi connectivity index (χ2n) is 2.45. The first-order valence-electron chi connectivity index (χ1n) is 3.72. The van der Waals surface area contributed by atoms with Crippen LogP contribution in [0, 0.1) is 18.3 Å². The van der Waals surface area contributed by atoms with Crippen LogP contribution in [-0.2, 0) is 10.0 Å². The van der Waals surface area contributed by atoms with Crippen molar-refractivity contribution in [3.63, 3.8) is 0 Å². The Kier molecular flexibility index (Phi) is 3.63. The number of hydrogen-bond donors (Lipinski definition) is 1. The number of nitrogens with zero attached hydrogens (tertiary/aromatic N) is 1. The molecule has 15 heavy (non-hydrogen) atoms. The van der Waals surface area contributed by atoms with Crippen molar-refractivity contribution < 1.29 is 12.8 Å². The molecule has 0 saturated heterocycles. The molecule has 0 aliphatic rings. The van der Waals surface area contributed by atoms with Crippen LogP contribution in [-0.4, -0.2) is 19.9 Å². The Morgan fingerprint density at radius 1 is 1.60 bits per heavy atom. The van der Waals surface area contributed by atoms with Gasteiger partial charge >= 0.3 is 0 Å². The molecule has 1 aromatic rings. The summed E-state index contributed by atoms with van der Waals surface area (Å²) in [6.45, 7) is -0.218. The lowest BCUT2D eigenvalue weighted by Gasteiger charge is -2.04. The monoisotopic (exact) mass is 248 g/mol. The topological polar surface area (TPSA) is 59.1 Å². The Morgan fingerprint density at radius 3 is 2.80 bits per heavy atom. The molecule has 1 heterocycles. The van der Waals surface area contributed by atoms with E-state index in [0.29, 0.717) is 0 Å². The highest BCUT2D eigenvalue weighted by Gasteiger charge is 2.19. The summed E-state index contributed by atoms with van der Waals surface area (Å²) in [5.74, 6) is 0.905. The van der Waals surface area contributed by atoms with Gasteiger partial charge in [0.2, 0.25) is 16.0 Å². The van der Waals surface area contributed by atoms with E-state index in [9.17, 15) is 12.8 Å². The van der Waals surface area contributed by atoms with Crippen molar-refractivity contribution in [2.75, 3.05) is 6.54 Å². The molecule has 0 aromatic carbocycles. The number of pyridine rings is 1. The minimum atomic E-state index is -3.96. The average molecular weight is 249 g/mol. The van der Waals surface area contributed by atoms with Crippen LogP contribution in [0.15, 0.2) is 17.0 Å². The molecule has 1 aromatic heterocycles. The summed E-state index contributed by atoms with van der Waals surface area (Å²) in [5.41, 5.74) is 0. The van der Waals surface area contributed by atoms with E-state index in [-0.39, 0.29) is 11.7 Å². The third-order valence-electron chi connectivity index (χ3n) is 1.43. The predicted molar refractivity (Wildman–Crippen MR) is 53.2 cm³/mol. The molecule has 80 valence electrons. The van der Waals surface area contributed by atoms with E-state index < -0.39 is 20.9 Å². The summed E-state index contributed by atoms with van der Waals surface area (Å²) in [6, 6.07) is 2.19. The zero-order chi connectivity index (χ0) is 11.5. The van der Waals surface area contributed by atoms with E-state index in [1.807, 2.05) is 4.72 Å². The van der Waals surface area contributed by atoms with Gasteiger partial charge in [-0.15, -0.1) is 6.42 Å². The maximum absolute atomic E-state index is 13.1. The largest absolute Gasteiger partial charge is 0.245 e. The van der Waals surface area contributed by atoms with E-state index in [1.165, 1.54) is 6.07 Å². The molecule has 0 aliphatic heterocycles. The minimum absolute atomic E-state index is 0.122. The molecule has 0 amide bonds. The summed E-state index contributed by atoms with van der Waals surface area (Å²) in [7, 11) is -3.96. The molecular formula is C8H6ClFN2O2S. The second kappa shape index (κ2) is 4.57. The van der Waals surface area contributed by atoms with Crippen molar-refractivity contribution in [3.05, 3.63) is 23.2 Å². The minimum Gasteiger partial charge on any atom is -0.207 e. The third-order valence-corrected chi connectivity index (χ3v) is 3.05. The highest BCUT2D eigenvalue weighted by atomic mass is 35.5. The Morgan fingerprint density at radius 2 is 2.27 bits per heavy atom. The summed E-state index contributed by atoms with van der Waals surface area (Å²) >= 11 is 5.37. The number of hydrogen-bond acceptors (Lipinski definition) is 3. The van der Waals surface area contributed by atoms with E-state index in [2.05, 4.69) is 10.9 Å². The normalized spacial score (nSPS) is 11.0. The van der Waals surface area contributed by atoms with Gasteiger partial charge in [-0.2, -0.15) is 9.11 Å². The van der Waals surface area contributed by atoms with Crippen LogP contribution in [0.5, 0.6) is 0 Å². The van der Waals surface area contributed by atoms with Crippen LogP contribution in [0.2, 0.25) is 5.15 Å². The van der Waals surface area contributed by atoms with Crippen LogP contribution in [0.25, 0.3) is 0 Å². The fourth-order valence-corrected chi connectivity index (χ4v) is 1.89. The Balaban J connectivity index is 3.12.